The average Bonchev–Trinajstić information content (AvgIpc) is 2.86. The highest BCUT2D eigenvalue weighted by atomic mass is 16.5. The van der Waals surface area contributed by atoms with Gasteiger partial charge in [0, 0.05) is 25.7 Å². The second-order valence-corrected chi connectivity index (χ2v) is 6.87. The van der Waals surface area contributed by atoms with Crippen molar-refractivity contribution in [3.63, 3.8) is 0 Å². The third-order valence-corrected chi connectivity index (χ3v) is 4.96. The van der Waals surface area contributed by atoms with E-state index >= 15 is 0 Å². The number of benzene rings is 1. The third-order valence-electron chi connectivity index (χ3n) is 4.96. The van der Waals surface area contributed by atoms with Crippen molar-refractivity contribution in [1.29, 1.82) is 0 Å². The molecule has 2 aliphatic heterocycles. The van der Waals surface area contributed by atoms with Gasteiger partial charge in [-0.1, -0.05) is 12.1 Å². The van der Waals surface area contributed by atoms with Crippen LogP contribution in [0.2, 0.25) is 0 Å². The second-order valence-electron chi connectivity index (χ2n) is 6.87. The first kappa shape index (κ1) is 18.2. The second kappa shape index (κ2) is 6.95. The van der Waals surface area contributed by atoms with Gasteiger partial charge < -0.3 is 20.3 Å². The number of carbonyl (C=O) groups excluding carboxylic acids is 3. The largest absolute Gasteiger partial charge is 0.497 e. The van der Waals surface area contributed by atoms with E-state index in [-0.39, 0.29) is 18.5 Å². The molecule has 1 aromatic carbocycles. The van der Waals surface area contributed by atoms with E-state index in [2.05, 4.69) is 10.6 Å². The molecule has 2 atom stereocenters. The standard InChI is InChI=1S/C18H24N4O4/c1-12-10-21(9-8-19-12)15(23)11-22-16(24)18(2,20-17(22)25)13-4-6-14(26-3)7-5-13/h4-7,12,19H,8-11H2,1-3H3,(H,20,25). The minimum atomic E-state index is -1.19. The zero-order valence-electron chi connectivity index (χ0n) is 15.2. The Morgan fingerprint density at radius 3 is 2.62 bits per heavy atom. The summed E-state index contributed by atoms with van der Waals surface area (Å²) in [4.78, 5) is 40.5. The van der Waals surface area contributed by atoms with Gasteiger partial charge in [0.25, 0.3) is 5.91 Å². The number of urea groups is 1. The number of amides is 4. The molecule has 0 spiro atoms. The van der Waals surface area contributed by atoms with Crippen molar-refractivity contribution in [3.8, 4) is 5.75 Å². The van der Waals surface area contributed by atoms with Crippen LogP contribution in [0.5, 0.6) is 5.75 Å². The molecule has 2 N–H and O–H groups in total. The van der Waals surface area contributed by atoms with Crippen LogP contribution < -0.4 is 15.4 Å². The number of imide groups is 1. The lowest BCUT2D eigenvalue weighted by Crippen LogP contribution is -2.54. The number of nitrogens with zero attached hydrogens (tertiary/aromatic N) is 2. The molecular formula is C18H24N4O4. The molecular weight excluding hydrogens is 336 g/mol. The zero-order valence-corrected chi connectivity index (χ0v) is 15.2. The molecule has 0 saturated carbocycles. The highest BCUT2D eigenvalue weighted by molar-refractivity contribution is 6.09. The van der Waals surface area contributed by atoms with Gasteiger partial charge in [-0.05, 0) is 31.5 Å². The van der Waals surface area contributed by atoms with Gasteiger partial charge in [0.05, 0.1) is 7.11 Å². The Hall–Kier alpha value is -2.61. The predicted molar refractivity (Wildman–Crippen MR) is 94.6 cm³/mol. The molecule has 8 heteroatoms. The molecule has 2 aliphatic rings. The van der Waals surface area contributed by atoms with Gasteiger partial charge in [0.15, 0.2) is 0 Å². The summed E-state index contributed by atoms with van der Waals surface area (Å²) in [7, 11) is 1.56. The lowest BCUT2D eigenvalue weighted by Gasteiger charge is -2.32. The molecule has 0 bridgehead atoms. The van der Waals surface area contributed by atoms with E-state index in [0.29, 0.717) is 30.9 Å². The lowest BCUT2D eigenvalue weighted by atomic mass is 9.92. The maximum absolute atomic E-state index is 12.9. The number of nitrogens with one attached hydrogen (secondary N) is 2. The Labute approximate surface area is 152 Å². The number of hydrogen-bond donors (Lipinski definition) is 2. The van der Waals surface area contributed by atoms with Crippen LogP contribution in [0.4, 0.5) is 4.79 Å². The summed E-state index contributed by atoms with van der Waals surface area (Å²) >= 11 is 0. The van der Waals surface area contributed by atoms with Crippen molar-refractivity contribution in [2.75, 3.05) is 33.3 Å². The van der Waals surface area contributed by atoms with Crippen LogP contribution in [-0.4, -0.2) is 67.0 Å². The molecule has 4 amide bonds. The first-order valence-corrected chi connectivity index (χ1v) is 8.65. The summed E-state index contributed by atoms with van der Waals surface area (Å²) in [6.07, 6.45) is 0. The van der Waals surface area contributed by atoms with Crippen molar-refractivity contribution < 1.29 is 19.1 Å². The minimum absolute atomic E-state index is 0.195. The van der Waals surface area contributed by atoms with Gasteiger partial charge in [-0.2, -0.15) is 0 Å². The Balaban J connectivity index is 1.74. The van der Waals surface area contributed by atoms with E-state index < -0.39 is 17.5 Å². The molecule has 1 aromatic rings. The summed E-state index contributed by atoms with van der Waals surface area (Å²) < 4.78 is 5.12. The number of rotatable bonds is 4. The lowest BCUT2D eigenvalue weighted by molar-refractivity contribution is -0.139. The van der Waals surface area contributed by atoms with Gasteiger partial charge in [-0.15, -0.1) is 0 Å². The number of ether oxygens (including phenoxy) is 1. The summed E-state index contributed by atoms with van der Waals surface area (Å²) in [5.74, 6) is 0.0130. The summed E-state index contributed by atoms with van der Waals surface area (Å²) in [5, 5.41) is 5.97. The van der Waals surface area contributed by atoms with Gasteiger partial charge in [0.2, 0.25) is 5.91 Å². The summed E-state index contributed by atoms with van der Waals surface area (Å²) in [6, 6.07) is 6.58. The molecule has 2 heterocycles. The maximum Gasteiger partial charge on any atom is 0.325 e. The molecule has 8 nitrogen and oxygen atoms in total. The highest BCUT2D eigenvalue weighted by Crippen LogP contribution is 2.30. The van der Waals surface area contributed by atoms with Gasteiger partial charge in [-0.25, -0.2) is 4.79 Å². The number of piperazine rings is 1. The molecule has 2 fully saturated rings. The fourth-order valence-electron chi connectivity index (χ4n) is 3.35. The number of carbonyl (C=O) groups is 3. The first-order valence-electron chi connectivity index (χ1n) is 8.65. The first-order chi connectivity index (χ1) is 12.3. The van der Waals surface area contributed by atoms with Gasteiger partial charge in [0.1, 0.15) is 17.8 Å². The van der Waals surface area contributed by atoms with Crippen molar-refractivity contribution in [2.24, 2.45) is 0 Å². The van der Waals surface area contributed by atoms with Crippen LogP contribution in [0.1, 0.15) is 19.4 Å². The van der Waals surface area contributed by atoms with Crippen LogP contribution in [0.25, 0.3) is 0 Å². The minimum Gasteiger partial charge on any atom is -0.497 e. The Morgan fingerprint density at radius 2 is 2.00 bits per heavy atom. The van der Waals surface area contributed by atoms with Crippen molar-refractivity contribution in [3.05, 3.63) is 29.8 Å². The van der Waals surface area contributed by atoms with Crippen LogP contribution in [0.15, 0.2) is 24.3 Å². The SMILES string of the molecule is COc1ccc(C2(C)NC(=O)N(CC(=O)N3CCNC(C)C3)C2=O)cc1. The molecule has 3 rings (SSSR count). The Bertz CT molecular complexity index is 720. The molecule has 2 unspecified atom stereocenters. The molecule has 0 radical (unpaired) electrons. The maximum atomic E-state index is 12.9. The fraction of sp³-hybridized carbons (Fsp3) is 0.500. The number of methoxy groups -OCH3 is 1. The molecule has 0 aromatic heterocycles. The molecule has 0 aliphatic carbocycles. The topological polar surface area (TPSA) is 91.0 Å². The smallest absolute Gasteiger partial charge is 0.325 e. The predicted octanol–water partition coefficient (Wildman–Crippen LogP) is 0.283. The number of hydrogen-bond acceptors (Lipinski definition) is 5. The summed E-state index contributed by atoms with van der Waals surface area (Å²) in [5.41, 5.74) is -0.553. The zero-order chi connectivity index (χ0) is 18.9. The van der Waals surface area contributed by atoms with Crippen molar-refractivity contribution in [1.82, 2.24) is 20.4 Å². The normalized spacial score (nSPS) is 26.0. The van der Waals surface area contributed by atoms with E-state index in [9.17, 15) is 14.4 Å². The van der Waals surface area contributed by atoms with E-state index in [4.69, 9.17) is 4.74 Å². The quantitative estimate of drug-likeness (QED) is 0.753. The van der Waals surface area contributed by atoms with Crippen LogP contribution in [0, 0.1) is 0 Å². The Morgan fingerprint density at radius 1 is 1.31 bits per heavy atom. The van der Waals surface area contributed by atoms with Crippen LogP contribution >= 0.6 is 0 Å². The van der Waals surface area contributed by atoms with Crippen LogP contribution in [0.3, 0.4) is 0 Å². The summed E-state index contributed by atoms with van der Waals surface area (Å²) in [6.45, 7) is 5.24. The van der Waals surface area contributed by atoms with Crippen molar-refractivity contribution in [2.45, 2.75) is 25.4 Å². The van der Waals surface area contributed by atoms with Gasteiger partial charge >= 0.3 is 6.03 Å². The molecule has 26 heavy (non-hydrogen) atoms. The van der Waals surface area contributed by atoms with Crippen LogP contribution in [-0.2, 0) is 15.1 Å². The highest BCUT2D eigenvalue weighted by Gasteiger charge is 2.49. The average molecular weight is 360 g/mol. The van der Waals surface area contributed by atoms with E-state index in [1.807, 2.05) is 6.92 Å². The van der Waals surface area contributed by atoms with E-state index in [1.165, 1.54) is 0 Å². The molecule has 140 valence electrons. The van der Waals surface area contributed by atoms with E-state index in [1.54, 1.807) is 43.2 Å². The van der Waals surface area contributed by atoms with Crippen molar-refractivity contribution >= 4 is 17.8 Å². The fourth-order valence-corrected chi connectivity index (χ4v) is 3.35. The monoisotopic (exact) mass is 360 g/mol. The van der Waals surface area contributed by atoms with Gasteiger partial charge in [-0.3, -0.25) is 14.5 Å². The van der Waals surface area contributed by atoms with E-state index in [0.717, 1.165) is 4.90 Å². The third kappa shape index (κ3) is 3.24. The Kier molecular flexibility index (Phi) is 4.86. The molecule has 2 saturated heterocycles.